The zero-order chi connectivity index (χ0) is 11.1. The number of hydrogen-bond acceptors (Lipinski definition) is 3. The van der Waals surface area contributed by atoms with Gasteiger partial charge in [0.15, 0.2) is 0 Å². The first-order valence-corrected chi connectivity index (χ1v) is 6.19. The van der Waals surface area contributed by atoms with Crippen LogP contribution in [0.2, 0.25) is 0 Å². The van der Waals surface area contributed by atoms with Gasteiger partial charge in [-0.05, 0) is 31.5 Å². The van der Waals surface area contributed by atoms with Crippen LogP contribution in [-0.4, -0.2) is 42.1 Å². The minimum absolute atomic E-state index is 0.690. The van der Waals surface area contributed by atoms with Gasteiger partial charge in [0.2, 0.25) is 0 Å². The van der Waals surface area contributed by atoms with Gasteiger partial charge in [0.25, 0.3) is 0 Å². The highest BCUT2D eigenvalue weighted by molar-refractivity contribution is 5.44. The Bertz CT molecular complexity index is 371. The Morgan fingerprint density at radius 1 is 1.31 bits per heavy atom. The molecule has 2 fully saturated rings. The number of likely N-dealkylation sites (N-methyl/N-ethyl adjacent to an activating group) is 1. The average Bonchev–Trinajstić information content (AvgIpc) is 2.88. The van der Waals surface area contributed by atoms with Gasteiger partial charge in [0.05, 0.1) is 0 Å². The number of pyridine rings is 1. The van der Waals surface area contributed by atoms with Gasteiger partial charge in [-0.3, -0.25) is 4.90 Å². The zero-order valence-electron chi connectivity index (χ0n) is 10.1. The summed E-state index contributed by atoms with van der Waals surface area (Å²) in [6.45, 7) is 4.52. The lowest BCUT2D eigenvalue weighted by atomic mass is 10.2. The first kappa shape index (κ1) is 10.1. The first-order valence-electron chi connectivity index (χ1n) is 6.19. The van der Waals surface area contributed by atoms with E-state index in [0.29, 0.717) is 6.04 Å². The number of hydrogen-bond donors (Lipinski definition) is 0. The molecule has 0 amide bonds. The van der Waals surface area contributed by atoms with E-state index in [4.69, 9.17) is 0 Å². The van der Waals surface area contributed by atoms with Gasteiger partial charge in [-0.2, -0.15) is 0 Å². The van der Waals surface area contributed by atoms with E-state index >= 15 is 0 Å². The molecule has 2 aliphatic rings. The number of piperazine rings is 1. The molecule has 0 unspecified atom stereocenters. The topological polar surface area (TPSA) is 19.4 Å². The van der Waals surface area contributed by atoms with Crippen LogP contribution in [0.3, 0.4) is 0 Å². The Balaban J connectivity index is 1.79. The quantitative estimate of drug-likeness (QED) is 0.749. The molecule has 2 aliphatic heterocycles. The third kappa shape index (κ3) is 1.50. The molecule has 0 N–H and O–H groups in total. The number of nitrogens with zero attached hydrogens (tertiary/aromatic N) is 3. The fourth-order valence-corrected chi connectivity index (χ4v) is 2.94. The minimum Gasteiger partial charge on any atom is -0.351 e. The van der Waals surface area contributed by atoms with E-state index in [1.807, 2.05) is 6.20 Å². The Morgan fingerprint density at radius 3 is 2.69 bits per heavy atom. The number of fused-ring (bicyclic) bond motifs is 2. The summed E-state index contributed by atoms with van der Waals surface area (Å²) < 4.78 is 0. The third-order valence-electron chi connectivity index (χ3n) is 4.03. The van der Waals surface area contributed by atoms with Crippen LogP contribution in [0.15, 0.2) is 18.3 Å². The van der Waals surface area contributed by atoms with Crippen molar-refractivity contribution in [3.8, 4) is 0 Å². The number of aromatic nitrogens is 1. The molecule has 0 saturated carbocycles. The molecular formula is C13H19N3. The van der Waals surface area contributed by atoms with Crippen molar-refractivity contribution in [3.05, 3.63) is 23.9 Å². The van der Waals surface area contributed by atoms with Crippen molar-refractivity contribution in [3.63, 3.8) is 0 Å². The van der Waals surface area contributed by atoms with E-state index in [1.165, 1.54) is 18.5 Å². The van der Waals surface area contributed by atoms with Crippen LogP contribution >= 0.6 is 0 Å². The van der Waals surface area contributed by atoms with Crippen molar-refractivity contribution in [2.24, 2.45) is 0 Å². The summed E-state index contributed by atoms with van der Waals surface area (Å²) in [6, 6.07) is 5.82. The van der Waals surface area contributed by atoms with Gasteiger partial charge in [-0.15, -0.1) is 0 Å². The number of likely N-dealkylation sites (tertiary alicyclic amines) is 1. The number of aryl methyl sites for hydroxylation is 1. The number of anilines is 1. The average molecular weight is 217 g/mol. The lowest BCUT2D eigenvalue weighted by molar-refractivity contribution is 0.292. The molecule has 0 aromatic carbocycles. The summed E-state index contributed by atoms with van der Waals surface area (Å²) >= 11 is 0. The summed E-state index contributed by atoms with van der Waals surface area (Å²) in [5.41, 5.74) is 1.32. The molecule has 0 aliphatic carbocycles. The molecule has 2 saturated heterocycles. The molecule has 86 valence electrons. The van der Waals surface area contributed by atoms with Crippen LogP contribution in [0.25, 0.3) is 0 Å². The van der Waals surface area contributed by atoms with Crippen molar-refractivity contribution in [2.45, 2.75) is 31.8 Å². The monoisotopic (exact) mass is 217 g/mol. The van der Waals surface area contributed by atoms with Gasteiger partial charge in [0.1, 0.15) is 5.82 Å². The van der Waals surface area contributed by atoms with Crippen LogP contribution in [0.1, 0.15) is 18.9 Å². The third-order valence-corrected chi connectivity index (χ3v) is 4.03. The molecule has 3 heterocycles. The van der Waals surface area contributed by atoms with Gasteiger partial charge in [0, 0.05) is 31.4 Å². The van der Waals surface area contributed by atoms with Crippen molar-refractivity contribution < 1.29 is 0 Å². The van der Waals surface area contributed by atoms with Gasteiger partial charge >= 0.3 is 0 Å². The normalized spacial score (nSPS) is 29.0. The van der Waals surface area contributed by atoms with Crippen molar-refractivity contribution in [1.29, 1.82) is 0 Å². The molecule has 1 aromatic heterocycles. The van der Waals surface area contributed by atoms with E-state index in [9.17, 15) is 0 Å². The molecule has 3 nitrogen and oxygen atoms in total. The molecule has 16 heavy (non-hydrogen) atoms. The van der Waals surface area contributed by atoms with Crippen LogP contribution in [0, 0.1) is 0 Å². The zero-order valence-corrected chi connectivity index (χ0v) is 10.1. The predicted molar refractivity (Wildman–Crippen MR) is 65.8 cm³/mol. The maximum absolute atomic E-state index is 4.58. The summed E-state index contributed by atoms with van der Waals surface area (Å²) in [6.07, 6.45) is 4.40. The van der Waals surface area contributed by atoms with E-state index in [0.717, 1.165) is 24.8 Å². The Morgan fingerprint density at radius 2 is 2.19 bits per heavy atom. The molecule has 3 heteroatoms. The summed E-state index contributed by atoms with van der Waals surface area (Å²) in [4.78, 5) is 9.53. The highest BCUT2D eigenvalue weighted by Gasteiger charge is 2.41. The van der Waals surface area contributed by atoms with Crippen molar-refractivity contribution in [1.82, 2.24) is 9.88 Å². The Labute approximate surface area is 97.1 Å². The minimum atomic E-state index is 0.690. The van der Waals surface area contributed by atoms with Gasteiger partial charge in [-0.25, -0.2) is 4.98 Å². The fourth-order valence-electron chi connectivity index (χ4n) is 2.94. The largest absolute Gasteiger partial charge is 0.351 e. The van der Waals surface area contributed by atoms with Gasteiger partial charge in [-0.1, -0.05) is 13.0 Å². The maximum Gasteiger partial charge on any atom is 0.128 e. The molecule has 0 spiro atoms. The highest BCUT2D eigenvalue weighted by Crippen LogP contribution is 2.32. The summed E-state index contributed by atoms with van der Waals surface area (Å²) in [7, 11) is 2.23. The van der Waals surface area contributed by atoms with Crippen LogP contribution in [-0.2, 0) is 6.42 Å². The second-order valence-corrected chi connectivity index (χ2v) is 5.01. The first-order chi connectivity index (χ1) is 7.78. The predicted octanol–water partition coefficient (Wildman–Crippen LogP) is 1.54. The van der Waals surface area contributed by atoms with Crippen molar-refractivity contribution >= 4 is 5.82 Å². The van der Waals surface area contributed by atoms with Crippen molar-refractivity contribution in [2.75, 3.05) is 25.0 Å². The lowest BCUT2D eigenvalue weighted by Gasteiger charge is -2.32. The van der Waals surface area contributed by atoms with E-state index < -0.39 is 0 Å². The maximum atomic E-state index is 4.58. The molecular weight excluding hydrogens is 198 g/mol. The highest BCUT2D eigenvalue weighted by atomic mass is 15.4. The number of rotatable bonds is 2. The van der Waals surface area contributed by atoms with Crippen LogP contribution in [0.5, 0.6) is 0 Å². The molecule has 1 aromatic rings. The van der Waals surface area contributed by atoms with Gasteiger partial charge < -0.3 is 4.90 Å². The molecule has 2 atom stereocenters. The second-order valence-electron chi connectivity index (χ2n) is 5.01. The van der Waals surface area contributed by atoms with E-state index in [1.54, 1.807) is 0 Å². The summed E-state index contributed by atoms with van der Waals surface area (Å²) in [5.74, 6) is 1.16. The smallest absolute Gasteiger partial charge is 0.128 e. The molecule has 2 bridgehead atoms. The lowest BCUT2D eigenvalue weighted by Crippen LogP contribution is -2.44. The standard InChI is InChI=1S/C13H19N3/c1-3-10-4-5-13(14-7-10)16-9-11-6-12(16)8-15(11)2/h4-5,7,11-12H,3,6,8-9H2,1-2H3/t11-,12-/m0/s1. The van der Waals surface area contributed by atoms with E-state index in [2.05, 4.69) is 40.9 Å². The molecule has 3 rings (SSSR count). The fraction of sp³-hybridized carbons (Fsp3) is 0.615. The van der Waals surface area contributed by atoms with E-state index in [-0.39, 0.29) is 0 Å². The second kappa shape index (κ2) is 3.74. The van der Waals surface area contributed by atoms with Crippen LogP contribution < -0.4 is 4.90 Å². The summed E-state index contributed by atoms with van der Waals surface area (Å²) in [5, 5.41) is 0. The Kier molecular flexibility index (Phi) is 2.36. The Hall–Kier alpha value is -1.09. The molecule has 0 radical (unpaired) electrons. The van der Waals surface area contributed by atoms with Crippen LogP contribution in [0.4, 0.5) is 5.82 Å². The SMILES string of the molecule is CCc1ccc(N2C[C@@H]3C[C@H]2CN3C)nc1.